The Hall–Kier alpha value is -4.29. The van der Waals surface area contributed by atoms with Crippen LogP contribution < -0.4 is 11.1 Å². The first-order valence-electron chi connectivity index (χ1n) is 13.0. The summed E-state index contributed by atoms with van der Waals surface area (Å²) in [7, 11) is 0. The highest BCUT2D eigenvalue weighted by Gasteiger charge is 2.20. The van der Waals surface area contributed by atoms with Crippen LogP contribution in [-0.4, -0.2) is 16.7 Å². The normalized spacial score (nSPS) is 11.2. The van der Waals surface area contributed by atoms with Crippen LogP contribution in [-0.2, 0) is 25.0 Å². The lowest BCUT2D eigenvalue weighted by atomic mass is 9.86. The molecule has 4 rings (SSSR count). The standard InChI is InChI=1S/C33H34FN3O2/c1-33(2,3)28-16-14-25(15-17-28)31(38)36-30-13-5-4-10-27(30)22-37(21-24-9-6-8-23(18-24)20-35)32(39)26-11-7-12-29(34)19-26/h4-19H,20-22,35H2,1-3H3,(H,36,38). The Morgan fingerprint density at radius 1 is 0.795 bits per heavy atom. The van der Waals surface area contributed by atoms with Gasteiger partial charge in [-0.1, -0.05) is 81.4 Å². The van der Waals surface area contributed by atoms with E-state index in [2.05, 4.69) is 26.1 Å². The fourth-order valence-corrected chi connectivity index (χ4v) is 4.38. The summed E-state index contributed by atoms with van der Waals surface area (Å²) in [5.74, 6) is -1.02. The van der Waals surface area contributed by atoms with Crippen molar-refractivity contribution < 1.29 is 14.0 Å². The second kappa shape index (κ2) is 12.0. The fraction of sp³-hybridized carbons (Fsp3) is 0.212. The second-order valence-electron chi connectivity index (χ2n) is 10.6. The summed E-state index contributed by atoms with van der Waals surface area (Å²) in [6, 6.07) is 28.4. The van der Waals surface area contributed by atoms with Crippen molar-refractivity contribution in [2.75, 3.05) is 5.32 Å². The van der Waals surface area contributed by atoms with Crippen LogP contribution in [0.25, 0.3) is 0 Å². The van der Waals surface area contributed by atoms with Crippen LogP contribution in [0.3, 0.4) is 0 Å². The molecule has 3 N–H and O–H groups in total. The maximum Gasteiger partial charge on any atom is 0.255 e. The Labute approximate surface area is 229 Å². The van der Waals surface area contributed by atoms with Gasteiger partial charge in [-0.05, 0) is 64.1 Å². The highest BCUT2D eigenvalue weighted by molar-refractivity contribution is 6.04. The molecule has 0 fully saturated rings. The van der Waals surface area contributed by atoms with Gasteiger partial charge in [0.25, 0.3) is 11.8 Å². The maximum atomic E-state index is 14.0. The molecular formula is C33H34FN3O2. The molecule has 0 bridgehead atoms. The summed E-state index contributed by atoms with van der Waals surface area (Å²) >= 11 is 0. The molecule has 0 aliphatic rings. The highest BCUT2D eigenvalue weighted by atomic mass is 19.1. The minimum absolute atomic E-state index is 0.0110. The Bertz CT molecular complexity index is 1460. The number of hydrogen-bond donors (Lipinski definition) is 2. The second-order valence-corrected chi connectivity index (χ2v) is 10.6. The molecule has 6 heteroatoms. The zero-order valence-corrected chi connectivity index (χ0v) is 22.6. The Morgan fingerprint density at radius 3 is 2.18 bits per heavy atom. The molecule has 0 aromatic heterocycles. The van der Waals surface area contributed by atoms with Crippen LogP contribution in [0.4, 0.5) is 10.1 Å². The Morgan fingerprint density at radius 2 is 1.49 bits per heavy atom. The van der Waals surface area contributed by atoms with Crippen LogP contribution in [0.15, 0.2) is 97.1 Å². The molecule has 2 amide bonds. The molecule has 200 valence electrons. The highest BCUT2D eigenvalue weighted by Crippen LogP contribution is 2.24. The van der Waals surface area contributed by atoms with Gasteiger partial charge < -0.3 is 16.0 Å². The summed E-state index contributed by atoms with van der Waals surface area (Å²) in [4.78, 5) is 28.3. The first-order chi connectivity index (χ1) is 18.6. The first-order valence-corrected chi connectivity index (χ1v) is 13.0. The van der Waals surface area contributed by atoms with Crippen molar-refractivity contribution in [3.63, 3.8) is 0 Å². The molecule has 4 aromatic rings. The third kappa shape index (κ3) is 7.18. The van der Waals surface area contributed by atoms with E-state index in [-0.39, 0.29) is 29.3 Å². The minimum atomic E-state index is -0.476. The van der Waals surface area contributed by atoms with E-state index < -0.39 is 5.82 Å². The predicted molar refractivity (Wildman–Crippen MR) is 154 cm³/mol. The molecule has 0 saturated carbocycles. The van der Waals surface area contributed by atoms with E-state index >= 15 is 0 Å². The first kappa shape index (κ1) is 27.7. The van der Waals surface area contributed by atoms with Crippen molar-refractivity contribution in [1.29, 1.82) is 0 Å². The molecule has 0 atom stereocenters. The van der Waals surface area contributed by atoms with Crippen LogP contribution in [0.1, 0.15) is 63.7 Å². The number of carbonyl (C=O) groups is 2. The van der Waals surface area contributed by atoms with Gasteiger partial charge in [0.05, 0.1) is 0 Å². The molecule has 5 nitrogen and oxygen atoms in total. The molecule has 4 aromatic carbocycles. The minimum Gasteiger partial charge on any atom is -0.330 e. The van der Waals surface area contributed by atoms with Gasteiger partial charge in [-0.3, -0.25) is 9.59 Å². The van der Waals surface area contributed by atoms with E-state index in [1.165, 1.54) is 18.2 Å². The molecule has 0 radical (unpaired) electrons. The number of nitrogens with zero attached hydrogens (tertiary/aromatic N) is 1. The van der Waals surface area contributed by atoms with Crippen molar-refractivity contribution in [2.24, 2.45) is 5.73 Å². The van der Waals surface area contributed by atoms with E-state index in [4.69, 9.17) is 5.73 Å². The lowest BCUT2D eigenvalue weighted by Crippen LogP contribution is -2.30. The van der Waals surface area contributed by atoms with E-state index in [0.717, 1.165) is 22.3 Å². The van der Waals surface area contributed by atoms with Gasteiger partial charge >= 0.3 is 0 Å². The summed E-state index contributed by atoms with van der Waals surface area (Å²) < 4.78 is 14.0. The van der Waals surface area contributed by atoms with Crippen LogP contribution in [0.5, 0.6) is 0 Å². The van der Waals surface area contributed by atoms with Gasteiger partial charge in [0.1, 0.15) is 5.82 Å². The van der Waals surface area contributed by atoms with Gasteiger partial charge in [0.15, 0.2) is 0 Å². The van der Waals surface area contributed by atoms with Crippen molar-refractivity contribution in [3.05, 3.63) is 136 Å². The van der Waals surface area contributed by atoms with Gasteiger partial charge in [-0.15, -0.1) is 0 Å². The number of amides is 2. The maximum absolute atomic E-state index is 14.0. The van der Waals surface area contributed by atoms with E-state index in [0.29, 0.717) is 24.3 Å². The van der Waals surface area contributed by atoms with Crippen LogP contribution in [0.2, 0.25) is 0 Å². The van der Waals surface area contributed by atoms with Crippen molar-refractivity contribution in [3.8, 4) is 0 Å². The number of hydrogen-bond acceptors (Lipinski definition) is 3. The van der Waals surface area contributed by atoms with E-state index in [9.17, 15) is 14.0 Å². The monoisotopic (exact) mass is 523 g/mol. The average molecular weight is 524 g/mol. The fourth-order valence-electron chi connectivity index (χ4n) is 4.38. The number of rotatable bonds is 8. The summed E-state index contributed by atoms with van der Waals surface area (Å²) in [6.07, 6.45) is 0. The van der Waals surface area contributed by atoms with E-state index in [1.807, 2.05) is 72.8 Å². The third-order valence-electron chi connectivity index (χ3n) is 6.60. The van der Waals surface area contributed by atoms with Crippen molar-refractivity contribution >= 4 is 17.5 Å². The summed E-state index contributed by atoms with van der Waals surface area (Å²) in [5.41, 5.74) is 11.0. The zero-order chi connectivity index (χ0) is 28.0. The smallest absolute Gasteiger partial charge is 0.255 e. The number of halogens is 1. The molecule has 0 spiro atoms. The topological polar surface area (TPSA) is 75.4 Å². The van der Waals surface area contributed by atoms with Crippen LogP contribution in [0, 0.1) is 5.82 Å². The lowest BCUT2D eigenvalue weighted by molar-refractivity contribution is 0.0730. The third-order valence-corrected chi connectivity index (χ3v) is 6.60. The number of benzene rings is 4. The molecular weight excluding hydrogens is 489 g/mol. The molecule has 39 heavy (non-hydrogen) atoms. The SMILES string of the molecule is CC(C)(C)c1ccc(C(=O)Nc2ccccc2CN(Cc2cccc(CN)c2)C(=O)c2cccc(F)c2)cc1. The molecule has 0 heterocycles. The number of nitrogens with one attached hydrogen (secondary N) is 1. The number of nitrogens with two attached hydrogens (primary N) is 1. The number of para-hydroxylation sites is 1. The quantitative estimate of drug-likeness (QED) is 0.271. The molecule has 0 saturated heterocycles. The lowest BCUT2D eigenvalue weighted by Gasteiger charge is -2.25. The summed E-state index contributed by atoms with van der Waals surface area (Å²) in [6.45, 7) is 7.27. The van der Waals surface area contributed by atoms with Gasteiger partial charge in [-0.2, -0.15) is 0 Å². The summed E-state index contributed by atoms with van der Waals surface area (Å²) in [5, 5.41) is 3.01. The van der Waals surface area contributed by atoms with Crippen molar-refractivity contribution in [2.45, 2.75) is 45.8 Å². The largest absolute Gasteiger partial charge is 0.330 e. The molecule has 0 aliphatic heterocycles. The zero-order valence-electron chi connectivity index (χ0n) is 22.6. The van der Waals surface area contributed by atoms with Crippen molar-refractivity contribution in [1.82, 2.24) is 4.90 Å². The number of carbonyl (C=O) groups excluding carboxylic acids is 2. The predicted octanol–water partition coefficient (Wildman–Crippen LogP) is 6.68. The molecule has 0 aliphatic carbocycles. The average Bonchev–Trinajstić information content (AvgIpc) is 2.93. The molecule has 0 unspecified atom stereocenters. The van der Waals surface area contributed by atoms with Crippen LogP contribution >= 0.6 is 0 Å². The van der Waals surface area contributed by atoms with Gasteiger partial charge in [0, 0.05) is 36.4 Å². The Balaban J connectivity index is 1.61. The van der Waals surface area contributed by atoms with Gasteiger partial charge in [0.2, 0.25) is 0 Å². The van der Waals surface area contributed by atoms with Gasteiger partial charge in [-0.25, -0.2) is 4.39 Å². The Kier molecular flexibility index (Phi) is 8.57. The number of anilines is 1. The van der Waals surface area contributed by atoms with E-state index in [1.54, 1.807) is 11.0 Å².